The SMILES string of the molecule is C[C@H]([C@@H](OP(c1ccccc1)c1ccccc1)c1ccccc1)N(C)[P@@](c1ccccc1)C1CCCCC1.[B].[B]. The van der Waals surface area contributed by atoms with Gasteiger partial charge in [0, 0.05) is 33.5 Å². The summed E-state index contributed by atoms with van der Waals surface area (Å²) in [7, 11) is 0.903. The van der Waals surface area contributed by atoms with Gasteiger partial charge in [-0.05, 0) is 51.4 Å². The molecule has 40 heavy (non-hydrogen) atoms. The third-order valence-corrected chi connectivity index (χ3v) is 12.7. The lowest BCUT2D eigenvalue weighted by Gasteiger charge is -2.43. The maximum atomic E-state index is 7.30. The maximum Gasteiger partial charge on any atom is 0.103 e. The molecule has 0 bridgehead atoms. The molecule has 0 aliphatic heterocycles. The van der Waals surface area contributed by atoms with Crippen LogP contribution in [-0.2, 0) is 4.52 Å². The summed E-state index contributed by atoms with van der Waals surface area (Å²) < 4.78 is 9.98. The Morgan fingerprint density at radius 1 is 0.625 bits per heavy atom. The summed E-state index contributed by atoms with van der Waals surface area (Å²) in [6.45, 7) is 2.38. The Morgan fingerprint density at radius 2 is 1.05 bits per heavy atom. The van der Waals surface area contributed by atoms with Crippen molar-refractivity contribution in [2.45, 2.75) is 56.8 Å². The van der Waals surface area contributed by atoms with Crippen LogP contribution in [0.5, 0.6) is 0 Å². The highest BCUT2D eigenvalue weighted by Crippen LogP contribution is 2.53. The zero-order chi connectivity index (χ0) is 26.2. The van der Waals surface area contributed by atoms with E-state index in [1.165, 1.54) is 53.6 Å². The number of nitrogens with zero attached hydrogens (tertiary/aromatic N) is 1. The molecule has 1 aliphatic carbocycles. The van der Waals surface area contributed by atoms with E-state index in [0.29, 0.717) is 0 Å². The molecule has 202 valence electrons. The van der Waals surface area contributed by atoms with E-state index in [1.54, 1.807) is 0 Å². The molecule has 0 N–H and O–H groups in total. The first-order chi connectivity index (χ1) is 18.7. The molecule has 2 nitrogen and oxygen atoms in total. The van der Waals surface area contributed by atoms with Gasteiger partial charge in [-0.3, -0.25) is 4.67 Å². The number of hydrogen-bond acceptors (Lipinski definition) is 2. The lowest BCUT2D eigenvalue weighted by atomic mass is 10.0. The van der Waals surface area contributed by atoms with Crippen molar-refractivity contribution in [3.63, 3.8) is 0 Å². The topological polar surface area (TPSA) is 12.5 Å². The van der Waals surface area contributed by atoms with Gasteiger partial charge in [-0.1, -0.05) is 141 Å². The van der Waals surface area contributed by atoms with Gasteiger partial charge in [0.1, 0.15) is 6.10 Å². The van der Waals surface area contributed by atoms with Crippen LogP contribution in [0.3, 0.4) is 0 Å². The molecule has 1 saturated carbocycles. The standard InChI is InChI=1S/C34H39NOP2.2B/c1-28(35(2)37(30-20-10-4-11-21-30)31-22-12-5-13-23-31)34(29-18-8-3-9-19-29)36-38(32-24-14-6-15-25-32)33-26-16-7-17-27-33;;/h3-4,6-11,14-21,24-28,31,34H,5,12-13,22-23H2,1-2H3;;/t28-,34-,37+;;/m1../s1. The highest BCUT2D eigenvalue weighted by molar-refractivity contribution is 7.68. The van der Waals surface area contributed by atoms with Crippen LogP contribution in [0.1, 0.15) is 50.7 Å². The molecular weight excluding hydrogens is 522 g/mol. The summed E-state index contributed by atoms with van der Waals surface area (Å²) in [6.07, 6.45) is 6.69. The largest absolute Gasteiger partial charge is 0.340 e. The van der Waals surface area contributed by atoms with Crippen LogP contribution in [0.25, 0.3) is 0 Å². The van der Waals surface area contributed by atoms with E-state index in [1.807, 2.05) is 0 Å². The van der Waals surface area contributed by atoms with Gasteiger partial charge in [0.05, 0.1) is 8.15 Å². The van der Waals surface area contributed by atoms with Crippen molar-refractivity contribution in [1.29, 1.82) is 0 Å². The summed E-state index contributed by atoms with van der Waals surface area (Å²) in [4.78, 5) is 0. The Kier molecular flexibility index (Phi) is 13.2. The van der Waals surface area contributed by atoms with E-state index >= 15 is 0 Å². The predicted octanol–water partition coefficient (Wildman–Crippen LogP) is 7.41. The third-order valence-electron chi connectivity index (χ3n) is 7.64. The fourth-order valence-electron chi connectivity index (χ4n) is 5.53. The lowest BCUT2D eigenvalue weighted by molar-refractivity contribution is 0.153. The molecule has 3 atom stereocenters. The van der Waals surface area contributed by atoms with Crippen molar-refractivity contribution in [3.05, 3.63) is 127 Å². The van der Waals surface area contributed by atoms with Gasteiger partial charge in [-0.25, -0.2) is 0 Å². The number of benzene rings is 4. The monoisotopic (exact) mass is 561 g/mol. The van der Waals surface area contributed by atoms with Crippen LogP contribution in [0.4, 0.5) is 0 Å². The fraction of sp³-hybridized carbons (Fsp3) is 0.294. The lowest BCUT2D eigenvalue weighted by Crippen LogP contribution is -2.38. The smallest absolute Gasteiger partial charge is 0.103 e. The Bertz CT molecular complexity index is 1190. The molecule has 1 fully saturated rings. The molecule has 0 saturated heterocycles. The highest BCUT2D eigenvalue weighted by atomic mass is 31.1. The molecule has 4 aromatic rings. The third kappa shape index (κ3) is 7.96. The quantitative estimate of drug-likeness (QED) is 0.148. The Morgan fingerprint density at radius 3 is 1.52 bits per heavy atom. The van der Waals surface area contributed by atoms with Crippen LogP contribution in [-0.4, -0.2) is 40.2 Å². The Labute approximate surface area is 248 Å². The summed E-state index contributed by atoms with van der Waals surface area (Å²) in [6, 6.07) is 43.9. The molecule has 0 heterocycles. The number of likely N-dealkylation sites (N-methyl/N-ethyl adjacent to an activating group) is 1. The van der Waals surface area contributed by atoms with Crippen molar-refractivity contribution >= 4 is 49.0 Å². The summed E-state index contributed by atoms with van der Waals surface area (Å²) in [5.41, 5.74) is 1.98. The van der Waals surface area contributed by atoms with Crippen molar-refractivity contribution < 1.29 is 4.52 Å². The first-order valence-corrected chi connectivity index (χ1v) is 16.5. The minimum atomic E-state index is -0.979. The van der Waals surface area contributed by atoms with E-state index in [9.17, 15) is 0 Å². The first kappa shape index (κ1) is 32.3. The maximum absolute atomic E-state index is 7.30. The van der Waals surface area contributed by atoms with Crippen LogP contribution >= 0.6 is 16.2 Å². The second-order valence-electron chi connectivity index (χ2n) is 10.2. The van der Waals surface area contributed by atoms with Crippen LogP contribution in [0.15, 0.2) is 121 Å². The first-order valence-electron chi connectivity index (χ1n) is 13.9. The highest BCUT2D eigenvalue weighted by Gasteiger charge is 2.35. The van der Waals surface area contributed by atoms with E-state index in [2.05, 4.69) is 140 Å². The molecule has 4 aromatic carbocycles. The molecule has 5 rings (SSSR count). The van der Waals surface area contributed by atoms with Crippen LogP contribution in [0.2, 0.25) is 0 Å². The summed E-state index contributed by atoms with van der Waals surface area (Å²) >= 11 is 0. The molecule has 6 radical (unpaired) electrons. The number of hydrogen-bond donors (Lipinski definition) is 0. The van der Waals surface area contributed by atoms with Gasteiger partial charge in [-0.2, -0.15) is 0 Å². The van der Waals surface area contributed by atoms with E-state index in [-0.39, 0.29) is 29.0 Å². The molecule has 0 amide bonds. The molecular formula is C34H39B2NOP2. The average molecular weight is 561 g/mol. The van der Waals surface area contributed by atoms with E-state index in [4.69, 9.17) is 4.52 Å². The second kappa shape index (κ2) is 16.3. The van der Waals surface area contributed by atoms with E-state index in [0.717, 1.165) is 5.66 Å². The van der Waals surface area contributed by atoms with E-state index < -0.39 is 16.2 Å². The predicted molar refractivity (Wildman–Crippen MR) is 178 cm³/mol. The van der Waals surface area contributed by atoms with Gasteiger partial charge in [0.15, 0.2) is 0 Å². The zero-order valence-corrected chi connectivity index (χ0v) is 25.5. The van der Waals surface area contributed by atoms with Crippen LogP contribution in [0, 0.1) is 0 Å². The molecule has 6 heteroatoms. The van der Waals surface area contributed by atoms with Gasteiger partial charge in [0.25, 0.3) is 0 Å². The van der Waals surface area contributed by atoms with Gasteiger partial charge >= 0.3 is 0 Å². The van der Waals surface area contributed by atoms with Crippen molar-refractivity contribution in [2.24, 2.45) is 0 Å². The van der Waals surface area contributed by atoms with Crippen molar-refractivity contribution in [1.82, 2.24) is 4.67 Å². The van der Waals surface area contributed by atoms with Gasteiger partial charge < -0.3 is 4.52 Å². The normalized spacial score (nSPS) is 16.0. The van der Waals surface area contributed by atoms with Crippen LogP contribution < -0.4 is 15.9 Å². The Balaban J connectivity index is 0.00000220. The minimum Gasteiger partial charge on any atom is -0.340 e. The van der Waals surface area contributed by atoms with Crippen molar-refractivity contribution in [3.8, 4) is 0 Å². The zero-order valence-electron chi connectivity index (χ0n) is 23.7. The molecule has 0 spiro atoms. The summed E-state index contributed by atoms with van der Waals surface area (Å²) in [5, 5.41) is 3.99. The fourth-order valence-corrected chi connectivity index (χ4v) is 10.6. The molecule has 0 aromatic heterocycles. The number of rotatable bonds is 10. The minimum absolute atomic E-state index is 0. The Hall–Kier alpha value is -2.21. The van der Waals surface area contributed by atoms with Crippen molar-refractivity contribution in [2.75, 3.05) is 7.05 Å². The summed E-state index contributed by atoms with van der Waals surface area (Å²) in [5.74, 6) is 0. The average Bonchev–Trinajstić information content (AvgIpc) is 3.00. The molecule has 0 unspecified atom stereocenters. The van der Waals surface area contributed by atoms with Gasteiger partial charge in [-0.15, -0.1) is 0 Å². The second-order valence-corrected chi connectivity index (χ2v) is 14.6. The molecule has 1 aliphatic rings. The van der Waals surface area contributed by atoms with Gasteiger partial charge in [0.2, 0.25) is 0 Å².